The zero-order chi connectivity index (χ0) is 13.5. The second-order valence-electron chi connectivity index (χ2n) is 3.08. The maximum Gasteiger partial charge on any atom is 0.348 e. The molecule has 0 saturated heterocycles. The smallest absolute Gasteiger partial charge is 0.348 e. The second kappa shape index (κ2) is 6.08. The third-order valence-electron chi connectivity index (χ3n) is 1.73. The van der Waals surface area contributed by atoms with Crippen LogP contribution in [-0.4, -0.2) is 38.4 Å². The van der Waals surface area contributed by atoms with E-state index in [1.54, 1.807) is 0 Å². The molecule has 0 fully saturated rings. The van der Waals surface area contributed by atoms with Crippen molar-refractivity contribution in [1.29, 1.82) is 0 Å². The van der Waals surface area contributed by atoms with E-state index in [0.29, 0.717) is 6.21 Å². The number of aromatic nitrogens is 3. The van der Waals surface area contributed by atoms with Crippen LogP contribution in [0.15, 0.2) is 14.7 Å². The van der Waals surface area contributed by atoms with Crippen LogP contribution in [0.1, 0.15) is 12.1 Å². The van der Waals surface area contributed by atoms with Crippen molar-refractivity contribution in [3.8, 4) is 0 Å². The SMILES string of the molecule is O=C(O)/C=N\NC(=O)CCc1n[nH]c(=O)[nH]c1=O. The van der Waals surface area contributed by atoms with Crippen LogP contribution in [0, 0.1) is 0 Å². The zero-order valence-corrected chi connectivity index (χ0v) is 8.97. The van der Waals surface area contributed by atoms with Gasteiger partial charge in [0.2, 0.25) is 5.91 Å². The predicted molar refractivity (Wildman–Crippen MR) is 58.1 cm³/mol. The van der Waals surface area contributed by atoms with Gasteiger partial charge in [-0.1, -0.05) is 0 Å². The number of nitrogens with zero attached hydrogens (tertiary/aromatic N) is 2. The maximum atomic E-state index is 11.2. The molecule has 1 aromatic heterocycles. The molecule has 96 valence electrons. The Balaban J connectivity index is 2.50. The lowest BCUT2D eigenvalue weighted by molar-refractivity contribution is -0.128. The van der Waals surface area contributed by atoms with Crippen molar-refractivity contribution in [2.24, 2.45) is 5.10 Å². The lowest BCUT2D eigenvalue weighted by Crippen LogP contribution is -2.28. The van der Waals surface area contributed by atoms with Gasteiger partial charge < -0.3 is 5.11 Å². The Morgan fingerprint density at radius 3 is 2.78 bits per heavy atom. The first-order valence-electron chi connectivity index (χ1n) is 4.71. The molecule has 0 saturated carbocycles. The largest absolute Gasteiger partial charge is 0.477 e. The third-order valence-corrected chi connectivity index (χ3v) is 1.73. The van der Waals surface area contributed by atoms with Gasteiger partial charge in [0.15, 0.2) is 0 Å². The number of hydrogen-bond acceptors (Lipinski definition) is 6. The fourth-order valence-corrected chi connectivity index (χ4v) is 0.989. The van der Waals surface area contributed by atoms with Gasteiger partial charge in [-0.25, -0.2) is 20.1 Å². The minimum atomic E-state index is -1.30. The molecule has 1 amide bonds. The van der Waals surface area contributed by atoms with Crippen LogP contribution >= 0.6 is 0 Å². The van der Waals surface area contributed by atoms with Crippen LogP contribution in [0.4, 0.5) is 0 Å². The summed E-state index contributed by atoms with van der Waals surface area (Å²) in [6.45, 7) is 0. The molecular weight excluding hydrogens is 246 g/mol. The number of hydrogen-bond donors (Lipinski definition) is 4. The molecule has 0 atom stereocenters. The fraction of sp³-hybridized carbons (Fsp3) is 0.250. The predicted octanol–water partition coefficient (Wildman–Crippen LogP) is -2.42. The minimum Gasteiger partial charge on any atom is -0.477 e. The number of carboxylic acid groups (broad SMARTS) is 1. The van der Waals surface area contributed by atoms with Crippen LogP contribution in [0.3, 0.4) is 0 Å². The number of carbonyl (C=O) groups excluding carboxylic acids is 1. The molecule has 18 heavy (non-hydrogen) atoms. The molecule has 0 spiro atoms. The van der Waals surface area contributed by atoms with E-state index in [1.807, 2.05) is 15.5 Å². The van der Waals surface area contributed by atoms with Gasteiger partial charge in [-0.3, -0.25) is 14.6 Å². The van der Waals surface area contributed by atoms with Crippen molar-refractivity contribution in [3.63, 3.8) is 0 Å². The van der Waals surface area contributed by atoms with Crippen molar-refractivity contribution in [3.05, 3.63) is 26.5 Å². The summed E-state index contributed by atoms with van der Waals surface area (Å²) in [5.41, 5.74) is 0.529. The Kier molecular flexibility index (Phi) is 4.49. The minimum absolute atomic E-state index is 0.00744. The second-order valence-corrected chi connectivity index (χ2v) is 3.08. The van der Waals surface area contributed by atoms with Crippen molar-refractivity contribution in [2.45, 2.75) is 12.8 Å². The van der Waals surface area contributed by atoms with Gasteiger partial charge in [-0.05, 0) is 0 Å². The normalized spacial score (nSPS) is 10.4. The summed E-state index contributed by atoms with van der Waals surface area (Å²) >= 11 is 0. The van der Waals surface area contributed by atoms with Crippen molar-refractivity contribution < 1.29 is 14.7 Å². The van der Waals surface area contributed by atoms with Crippen LogP contribution in [-0.2, 0) is 16.0 Å². The molecular formula is C8H9N5O5. The molecule has 0 aliphatic heterocycles. The molecule has 0 radical (unpaired) electrons. The molecule has 1 aromatic rings. The zero-order valence-electron chi connectivity index (χ0n) is 8.97. The van der Waals surface area contributed by atoms with E-state index < -0.39 is 23.1 Å². The third kappa shape index (κ3) is 4.38. The van der Waals surface area contributed by atoms with Crippen LogP contribution < -0.4 is 16.7 Å². The Morgan fingerprint density at radius 2 is 2.17 bits per heavy atom. The van der Waals surface area contributed by atoms with E-state index in [4.69, 9.17) is 5.11 Å². The van der Waals surface area contributed by atoms with Crippen molar-refractivity contribution >= 4 is 18.1 Å². The average Bonchev–Trinajstić information content (AvgIpc) is 2.27. The van der Waals surface area contributed by atoms with Gasteiger partial charge in [0.05, 0.1) is 0 Å². The van der Waals surface area contributed by atoms with Crippen molar-refractivity contribution in [2.75, 3.05) is 0 Å². The highest BCUT2D eigenvalue weighted by molar-refractivity contribution is 6.22. The Morgan fingerprint density at radius 1 is 1.44 bits per heavy atom. The maximum absolute atomic E-state index is 11.2. The highest BCUT2D eigenvalue weighted by Gasteiger charge is 2.06. The number of amides is 1. The number of aliphatic carboxylic acids is 1. The number of carboxylic acids is 1. The molecule has 0 unspecified atom stereocenters. The number of nitrogens with one attached hydrogen (secondary N) is 3. The van der Waals surface area contributed by atoms with Crippen LogP contribution in [0.25, 0.3) is 0 Å². The molecule has 1 heterocycles. The molecule has 0 bridgehead atoms. The summed E-state index contributed by atoms with van der Waals surface area (Å²) in [5.74, 6) is -1.88. The molecule has 0 aliphatic carbocycles. The number of aryl methyl sites for hydroxylation is 1. The van der Waals surface area contributed by atoms with Gasteiger partial charge in [0, 0.05) is 12.8 Å². The molecule has 10 heteroatoms. The molecule has 1 rings (SSSR count). The monoisotopic (exact) mass is 255 g/mol. The first-order chi connectivity index (χ1) is 8.49. The van der Waals surface area contributed by atoms with Crippen molar-refractivity contribution in [1.82, 2.24) is 20.6 Å². The standard InChI is InChI=1S/C8H9N5O5/c14-5(12-9-3-6(15)16)2-1-4-7(17)10-8(18)13-11-4/h3H,1-2H2,(H,12,14)(H,15,16)(H2,10,13,17,18)/b9-3-. The molecule has 0 aromatic carbocycles. The Bertz CT molecular complexity index is 586. The number of aromatic amines is 2. The molecule has 0 aliphatic rings. The van der Waals surface area contributed by atoms with Gasteiger partial charge in [-0.15, -0.1) is 0 Å². The van der Waals surface area contributed by atoms with Crippen LogP contribution in [0.5, 0.6) is 0 Å². The molecule has 4 N–H and O–H groups in total. The summed E-state index contributed by atoms with van der Waals surface area (Å²) in [4.78, 5) is 45.0. The lowest BCUT2D eigenvalue weighted by Gasteiger charge is -1.98. The van der Waals surface area contributed by atoms with E-state index in [2.05, 4.69) is 10.2 Å². The number of carbonyl (C=O) groups is 2. The topological polar surface area (TPSA) is 157 Å². The first kappa shape index (κ1) is 13.3. The van der Waals surface area contributed by atoms with E-state index in [1.165, 1.54) is 0 Å². The summed E-state index contributed by atoms with van der Waals surface area (Å²) in [5, 5.41) is 16.8. The molecule has 10 nitrogen and oxygen atoms in total. The number of H-pyrrole nitrogens is 2. The van der Waals surface area contributed by atoms with Gasteiger partial charge in [0.25, 0.3) is 5.56 Å². The number of rotatable bonds is 5. The fourth-order valence-electron chi connectivity index (χ4n) is 0.989. The van der Waals surface area contributed by atoms with E-state index in [-0.39, 0.29) is 18.5 Å². The number of hydrazone groups is 1. The van der Waals surface area contributed by atoms with Gasteiger partial charge >= 0.3 is 11.7 Å². The van der Waals surface area contributed by atoms with Gasteiger partial charge in [-0.2, -0.15) is 10.2 Å². The van der Waals surface area contributed by atoms with E-state index in [9.17, 15) is 19.2 Å². The summed E-state index contributed by atoms with van der Waals surface area (Å²) in [6, 6.07) is 0. The lowest BCUT2D eigenvalue weighted by atomic mass is 10.2. The Hall–Kier alpha value is -2.78. The van der Waals surface area contributed by atoms with Crippen LogP contribution in [0.2, 0.25) is 0 Å². The van der Waals surface area contributed by atoms with E-state index >= 15 is 0 Å². The summed E-state index contributed by atoms with van der Waals surface area (Å²) in [7, 11) is 0. The van der Waals surface area contributed by atoms with E-state index in [0.717, 1.165) is 0 Å². The highest BCUT2D eigenvalue weighted by Crippen LogP contribution is 1.89. The quantitative estimate of drug-likeness (QED) is 0.338. The first-order valence-corrected chi connectivity index (χ1v) is 4.71. The Labute approximate surface area is 98.7 Å². The van der Waals surface area contributed by atoms with Gasteiger partial charge in [0.1, 0.15) is 11.9 Å². The highest BCUT2D eigenvalue weighted by atomic mass is 16.4. The summed E-state index contributed by atoms with van der Waals surface area (Å²) in [6.07, 6.45) is 0.378. The summed E-state index contributed by atoms with van der Waals surface area (Å²) < 4.78 is 0. The average molecular weight is 255 g/mol.